The van der Waals surface area contributed by atoms with Crippen molar-refractivity contribution < 1.29 is 9.59 Å². The molecule has 2 saturated heterocycles. The summed E-state index contributed by atoms with van der Waals surface area (Å²) in [4.78, 5) is 33.4. The molecule has 2 aliphatic heterocycles. The number of rotatable bonds is 1. The summed E-state index contributed by atoms with van der Waals surface area (Å²) in [6, 6.07) is 0.229. The van der Waals surface area contributed by atoms with Crippen LogP contribution in [0, 0.1) is 5.92 Å². The Morgan fingerprint density at radius 2 is 2.26 bits per heavy atom. The molecule has 6 heteroatoms. The molecule has 1 aromatic rings. The fraction of sp³-hybridized carbons (Fsp3) is 0.538. The summed E-state index contributed by atoms with van der Waals surface area (Å²) in [5.41, 5.74) is 0.390. The lowest BCUT2D eigenvalue weighted by Gasteiger charge is -2.41. The molecular formula is C13H16N4O2. The summed E-state index contributed by atoms with van der Waals surface area (Å²) in [7, 11) is 0. The van der Waals surface area contributed by atoms with Gasteiger partial charge in [-0.15, -0.1) is 0 Å². The third-order valence-corrected chi connectivity index (χ3v) is 3.89. The lowest BCUT2D eigenvalue weighted by molar-refractivity contribution is -0.125. The Kier molecular flexibility index (Phi) is 3.15. The van der Waals surface area contributed by atoms with Crippen molar-refractivity contribution in [1.29, 1.82) is 0 Å². The third-order valence-electron chi connectivity index (χ3n) is 3.89. The average molecular weight is 260 g/mol. The van der Waals surface area contributed by atoms with Crippen molar-refractivity contribution in [2.24, 2.45) is 5.92 Å². The van der Waals surface area contributed by atoms with Crippen molar-refractivity contribution in [3.05, 3.63) is 24.3 Å². The predicted molar refractivity (Wildman–Crippen MR) is 67.2 cm³/mol. The Bertz CT molecular complexity index is 491. The first-order chi connectivity index (χ1) is 9.24. The van der Waals surface area contributed by atoms with E-state index in [9.17, 15) is 9.59 Å². The Morgan fingerprint density at radius 1 is 1.37 bits per heavy atom. The van der Waals surface area contributed by atoms with E-state index in [-0.39, 0.29) is 17.9 Å². The van der Waals surface area contributed by atoms with Crippen molar-refractivity contribution >= 4 is 11.8 Å². The van der Waals surface area contributed by atoms with Gasteiger partial charge in [-0.05, 0) is 18.8 Å². The summed E-state index contributed by atoms with van der Waals surface area (Å²) in [5.74, 6) is 0.436. The molecule has 6 nitrogen and oxygen atoms in total. The zero-order chi connectivity index (χ0) is 13.2. The zero-order valence-electron chi connectivity index (χ0n) is 10.6. The number of nitrogens with zero attached hydrogens (tertiary/aromatic N) is 3. The van der Waals surface area contributed by atoms with E-state index < -0.39 is 0 Å². The summed E-state index contributed by atoms with van der Waals surface area (Å²) in [6.45, 7) is 1.36. The molecule has 2 fully saturated rings. The molecule has 3 heterocycles. The first-order valence-electron chi connectivity index (χ1n) is 6.58. The van der Waals surface area contributed by atoms with Gasteiger partial charge in [-0.2, -0.15) is 0 Å². The maximum Gasteiger partial charge on any atom is 0.274 e. The molecule has 2 unspecified atom stereocenters. The molecule has 100 valence electrons. The van der Waals surface area contributed by atoms with Crippen molar-refractivity contribution in [2.75, 3.05) is 13.1 Å². The molecule has 2 aliphatic rings. The van der Waals surface area contributed by atoms with E-state index in [0.29, 0.717) is 31.1 Å². The number of likely N-dealkylation sites (tertiary alicyclic amines) is 1. The molecule has 2 amide bonds. The van der Waals surface area contributed by atoms with Gasteiger partial charge < -0.3 is 10.2 Å². The van der Waals surface area contributed by atoms with Gasteiger partial charge in [0, 0.05) is 37.9 Å². The number of hydrogen-bond acceptors (Lipinski definition) is 4. The maximum atomic E-state index is 12.3. The van der Waals surface area contributed by atoms with Crippen molar-refractivity contribution in [1.82, 2.24) is 20.2 Å². The summed E-state index contributed by atoms with van der Waals surface area (Å²) in [6.07, 6.45) is 6.83. The Morgan fingerprint density at radius 3 is 3.05 bits per heavy atom. The van der Waals surface area contributed by atoms with E-state index in [1.165, 1.54) is 12.4 Å². The molecule has 0 bridgehead atoms. The summed E-state index contributed by atoms with van der Waals surface area (Å²) >= 11 is 0. The number of nitrogens with one attached hydrogen (secondary N) is 1. The fourth-order valence-corrected chi connectivity index (χ4v) is 2.87. The second-order valence-corrected chi connectivity index (χ2v) is 5.10. The van der Waals surface area contributed by atoms with Gasteiger partial charge in [0.05, 0.1) is 6.20 Å². The van der Waals surface area contributed by atoms with E-state index in [2.05, 4.69) is 15.3 Å². The van der Waals surface area contributed by atoms with Gasteiger partial charge in [-0.25, -0.2) is 4.98 Å². The number of carbonyl (C=O) groups is 2. The van der Waals surface area contributed by atoms with Crippen LogP contribution in [0.25, 0.3) is 0 Å². The molecule has 0 spiro atoms. The Balaban J connectivity index is 1.68. The molecule has 1 aromatic heterocycles. The quantitative estimate of drug-likeness (QED) is 0.783. The van der Waals surface area contributed by atoms with Gasteiger partial charge in [0.15, 0.2) is 0 Å². The van der Waals surface area contributed by atoms with Crippen molar-refractivity contribution in [3.63, 3.8) is 0 Å². The normalized spacial score (nSPS) is 26.5. The molecule has 0 aromatic carbocycles. The van der Waals surface area contributed by atoms with Crippen LogP contribution in [0.4, 0.5) is 0 Å². The fourth-order valence-electron chi connectivity index (χ4n) is 2.87. The minimum Gasteiger partial charge on any atom is -0.353 e. The summed E-state index contributed by atoms with van der Waals surface area (Å²) in [5, 5.41) is 3.01. The van der Waals surface area contributed by atoms with Crippen molar-refractivity contribution in [2.45, 2.75) is 25.3 Å². The highest BCUT2D eigenvalue weighted by Crippen LogP contribution is 2.25. The molecule has 0 aliphatic carbocycles. The lowest BCUT2D eigenvalue weighted by atomic mass is 9.85. The van der Waals surface area contributed by atoms with Crippen LogP contribution < -0.4 is 5.32 Å². The molecule has 0 radical (unpaired) electrons. The highest BCUT2D eigenvalue weighted by Gasteiger charge is 2.35. The topological polar surface area (TPSA) is 75.2 Å². The Labute approximate surface area is 111 Å². The van der Waals surface area contributed by atoms with Gasteiger partial charge in [0.1, 0.15) is 5.69 Å². The van der Waals surface area contributed by atoms with E-state index >= 15 is 0 Å². The van der Waals surface area contributed by atoms with E-state index in [1.807, 2.05) is 4.90 Å². The number of aromatic nitrogens is 2. The monoisotopic (exact) mass is 260 g/mol. The smallest absolute Gasteiger partial charge is 0.274 e. The second-order valence-electron chi connectivity index (χ2n) is 5.10. The molecule has 1 N–H and O–H groups in total. The van der Waals surface area contributed by atoms with Crippen LogP contribution >= 0.6 is 0 Å². The molecule has 0 saturated carbocycles. The Hall–Kier alpha value is -1.98. The first kappa shape index (κ1) is 12.1. The average Bonchev–Trinajstić information content (AvgIpc) is 2.47. The van der Waals surface area contributed by atoms with Crippen LogP contribution in [0.2, 0.25) is 0 Å². The zero-order valence-corrected chi connectivity index (χ0v) is 10.6. The van der Waals surface area contributed by atoms with Gasteiger partial charge in [0.2, 0.25) is 5.91 Å². The molecule has 19 heavy (non-hydrogen) atoms. The predicted octanol–water partition coefficient (Wildman–Crippen LogP) is 0.217. The maximum absolute atomic E-state index is 12.3. The SMILES string of the molecule is O=C1CCC2CN(C(=O)c3cnccn3)CCC2N1. The van der Waals surface area contributed by atoms with Crippen LogP contribution in [0.5, 0.6) is 0 Å². The van der Waals surface area contributed by atoms with E-state index in [4.69, 9.17) is 0 Å². The van der Waals surface area contributed by atoms with Crippen LogP contribution in [0.15, 0.2) is 18.6 Å². The number of fused-ring (bicyclic) bond motifs is 1. The lowest BCUT2D eigenvalue weighted by Crippen LogP contribution is -2.55. The second kappa shape index (κ2) is 4.95. The minimum absolute atomic E-state index is 0.0662. The van der Waals surface area contributed by atoms with Crippen LogP contribution in [0.3, 0.4) is 0 Å². The van der Waals surface area contributed by atoms with Crippen molar-refractivity contribution in [3.8, 4) is 0 Å². The highest BCUT2D eigenvalue weighted by molar-refractivity contribution is 5.92. The number of amides is 2. The van der Waals surface area contributed by atoms with Gasteiger partial charge in [-0.3, -0.25) is 14.6 Å². The largest absolute Gasteiger partial charge is 0.353 e. The first-order valence-corrected chi connectivity index (χ1v) is 6.58. The van der Waals surface area contributed by atoms with E-state index in [1.54, 1.807) is 6.20 Å². The van der Waals surface area contributed by atoms with Gasteiger partial charge in [-0.1, -0.05) is 0 Å². The highest BCUT2D eigenvalue weighted by atomic mass is 16.2. The van der Waals surface area contributed by atoms with Crippen LogP contribution in [0.1, 0.15) is 29.8 Å². The summed E-state index contributed by atoms with van der Waals surface area (Å²) < 4.78 is 0. The number of hydrogen-bond donors (Lipinski definition) is 1. The minimum atomic E-state index is -0.0662. The van der Waals surface area contributed by atoms with Crippen LogP contribution in [-0.4, -0.2) is 45.8 Å². The molecule has 3 rings (SSSR count). The number of piperidine rings is 2. The van der Waals surface area contributed by atoms with Gasteiger partial charge in [0.25, 0.3) is 5.91 Å². The van der Waals surface area contributed by atoms with Crippen LogP contribution in [-0.2, 0) is 4.79 Å². The van der Waals surface area contributed by atoms with E-state index in [0.717, 1.165) is 12.8 Å². The molecule has 2 atom stereocenters. The molecular weight excluding hydrogens is 244 g/mol. The van der Waals surface area contributed by atoms with Gasteiger partial charge >= 0.3 is 0 Å². The number of carbonyl (C=O) groups excluding carboxylic acids is 2. The third kappa shape index (κ3) is 2.43. The standard InChI is InChI=1S/C13H16N4O2/c18-12-2-1-9-8-17(6-3-10(9)16-12)13(19)11-7-14-4-5-15-11/h4-5,7,9-10H,1-3,6,8H2,(H,16,18).